The first-order valence-corrected chi connectivity index (χ1v) is 11.3. The smallest absolute Gasteiger partial charge is 0.251 e. The van der Waals surface area contributed by atoms with Gasteiger partial charge in [-0.2, -0.15) is 0 Å². The molecular formula is C20H18ClN3O3S. The van der Waals surface area contributed by atoms with Crippen LogP contribution >= 0.6 is 11.6 Å². The van der Waals surface area contributed by atoms with E-state index in [1.165, 1.54) is 12.3 Å². The summed E-state index contributed by atoms with van der Waals surface area (Å²) in [6, 6.07) is 11.9. The Morgan fingerprint density at radius 1 is 1.25 bits per heavy atom. The standard InChI is InChI=1S/C20H18ClN3O3S/c1-28(22,26)14-4-2-3-12(7-14)17(25)24-20-9-19(10-20,11-20)18-23-15-8-13(21)5-6-16(15)27-18/h2-8,22H,9-11H2,1H3,(H,24,25). The first-order valence-electron chi connectivity index (χ1n) is 8.91. The van der Waals surface area contributed by atoms with E-state index in [-0.39, 0.29) is 16.9 Å². The van der Waals surface area contributed by atoms with Crippen LogP contribution in [0, 0.1) is 4.78 Å². The lowest BCUT2D eigenvalue weighted by molar-refractivity contribution is -0.0955. The number of oxazole rings is 1. The van der Waals surface area contributed by atoms with E-state index < -0.39 is 9.73 Å². The molecule has 3 saturated carbocycles. The van der Waals surface area contributed by atoms with E-state index in [4.69, 9.17) is 20.8 Å². The summed E-state index contributed by atoms with van der Waals surface area (Å²) in [5.74, 6) is 0.506. The Morgan fingerprint density at radius 2 is 2.00 bits per heavy atom. The monoisotopic (exact) mass is 415 g/mol. The number of amides is 1. The number of aromatic nitrogens is 1. The molecular weight excluding hydrogens is 398 g/mol. The molecule has 1 amide bonds. The largest absolute Gasteiger partial charge is 0.440 e. The molecule has 6 rings (SSSR count). The van der Waals surface area contributed by atoms with Crippen LogP contribution in [-0.4, -0.2) is 26.9 Å². The summed E-state index contributed by atoms with van der Waals surface area (Å²) in [5.41, 5.74) is 1.55. The number of benzene rings is 2. The third-order valence-corrected chi connectivity index (χ3v) is 7.15. The van der Waals surface area contributed by atoms with Gasteiger partial charge in [0.15, 0.2) is 5.58 Å². The van der Waals surface area contributed by atoms with Crippen molar-refractivity contribution in [3.63, 3.8) is 0 Å². The Kier molecular flexibility index (Phi) is 3.53. The average molecular weight is 416 g/mol. The van der Waals surface area contributed by atoms with Gasteiger partial charge in [0, 0.05) is 27.3 Å². The number of hydrogen-bond donors (Lipinski definition) is 2. The van der Waals surface area contributed by atoms with Crippen LogP contribution in [0.1, 0.15) is 35.5 Å². The highest BCUT2D eigenvalue weighted by atomic mass is 35.5. The normalized spacial score (nSPS) is 27.5. The second kappa shape index (κ2) is 5.58. The van der Waals surface area contributed by atoms with Gasteiger partial charge in [0.2, 0.25) is 5.89 Å². The van der Waals surface area contributed by atoms with E-state index in [0.29, 0.717) is 21.4 Å². The van der Waals surface area contributed by atoms with Gasteiger partial charge in [0.05, 0.1) is 15.1 Å². The van der Waals surface area contributed by atoms with Crippen LogP contribution in [-0.2, 0) is 15.1 Å². The van der Waals surface area contributed by atoms with Crippen LogP contribution in [0.3, 0.4) is 0 Å². The highest BCUT2D eigenvalue weighted by Crippen LogP contribution is 2.67. The van der Waals surface area contributed by atoms with E-state index >= 15 is 0 Å². The highest BCUT2D eigenvalue weighted by molar-refractivity contribution is 7.91. The van der Waals surface area contributed by atoms with Crippen molar-refractivity contribution < 1.29 is 13.4 Å². The van der Waals surface area contributed by atoms with Gasteiger partial charge in [-0.3, -0.25) is 4.79 Å². The second-order valence-corrected chi connectivity index (χ2v) is 10.6. The third-order valence-electron chi connectivity index (χ3n) is 5.76. The number of carbonyl (C=O) groups is 1. The fourth-order valence-corrected chi connectivity index (χ4v) is 5.32. The lowest BCUT2D eigenvalue weighted by Gasteiger charge is -2.68. The van der Waals surface area contributed by atoms with Crippen molar-refractivity contribution in [2.75, 3.05) is 6.26 Å². The Bertz CT molecular complexity index is 1230. The number of nitrogens with one attached hydrogen (secondary N) is 2. The summed E-state index contributed by atoms with van der Waals surface area (Å²) in [6.45, 7) is 0. The summed E-state index contributed by atoms with van der Waals surface area (Å²) in [7, 11) is -2.86. The first kappa shape index (κ1) is 17.7. The molecule has 1 atom stereocenters. The quantitative estimate of drug-likeness (QED) is 0.669. The van der Waals surface area contributed by atoms with Crippen molar-refractivity contribution in [1.82, 2.24) is 10.3 Å². The highest BCUT2D eigenvalue weighted by Gasteiger charge is 2.71. The molecule has 1 unspecified atom stereocenters. The van der Waals surface area contributed by atoms with Crippen molar-refractivity contribution >= 4 is 38.3 Å². The maximum absolute atomic E-state index is 12.7. The van der Waals surface area contributed by atoms with Gasteiger partial charge >= 0.3 is 0 Å². The van der Waals surface area contributed by atoms with Crippen LogP contribution in [0.5, 0.6) is 0 Å². The number of carbonyl (C=O) groups excluding carboxylic acids is 1. The SMILES string of the molecule is CS(=N)(=O)c1cccc(C(=O)NC23CC(c4nc5cc(Cl)ccc5o4)(C2)C3)c1. The molecule has 8 heteroatoms. The Hall–Kier alpha value is -2.38. The molecule has 28 heavy (non-hydrogen) atoms. The molecule has 6 nitrogen and oxygen atoms in total. The zero-order valence-corrected chi connectivity index (χ0v) is 16.7. The Morgan fingerprint density at radius 3 is 2.71 bits per heavy atom. The first-order chi connectivity index (χ1) is 13.2. The third kappa shape index (κ3) is 2.64. The van der Waals surface area contributed by atoms with E-state index in [2.05, 4.69) is 10.3 Å². The van der Waals surface area contributed by atoms with Crippen molar-refractivity contribution in [2.45, 2.75) is 35.1 Å². The minimum absolute atomic E-state index is 0.112. The van der Waals surface area contributed by atoms with Gasteiger partial charge in [-0.15, -0.1) is 0 Å². The Labute approximate surface area is 167 Å². The molecule has 0 radical (unpaired) electrons. The molecule has 3 fully saturated rings. The molecule has 3 aliphatic carbocycles. The summed E-state index contributed by atoms with van der Waals surface area (Å²) >= 11 is 6.02. The van der Waals surface area contributed by atoms with Crippen LogP contribution in [0.25, 0.3) is 11.1 Å². The van der Waals surface area contributed by atoms with Gasteiger partial charge in [0.1, 0.15) is 5.52 Å². The molecule has 0 saturated heterocycles. The zero-order chi connectivity index (χ0) is 19.7. The maximum Gasteiger partial charge on any atom is 0.251 e. The minimum Gasteiger partial charge on any atom is -0.440 e. The number of hydrogen-bond acceptors (Lipinski definition) is 5. The van der Waals surface area contributed by atoms with Crippen molar-refractivity contribution in [1.29, 1.82) is 4.78 Å². The van der Waals surface area contributed by atoms with Crippen molar-refractivity contribution in [3.8, 4) is 0 Å². The molecule has 1 heterocycles. The number of halogens is 1. The van der Waals surface area contributed by atoms with E-state index in [9.17, 15) is 9.00 Å². The summed E-state index contributed by atoms with van der Waals surface area (Å²) < 4.78 is 25.5. The summed E-state index contributed by atoms with van der Waals surface area (Å²) in [5, 5.41) is 3.73. The van der Waals surface area contributed by atoms with Crippen molar-refractivity contribution in [3.05, 3.63) is 58.9 Å². The number of rotatable bonds is 4. The fourth-order valence-electron chi connectivity index (χ4n) is 4.47. The maximum atomic E-state index is 12.7. The molecule has 0 spiro atoms. The van der Waals surface area contributed by atoms with Gasteiger partial charge < -0.3 is 9.73 Å². The van der Waals surface area contributed by atoms with Gasteiger partial charge in [-0.25, -0.2) is 14.0 Å². The molecule has 144 valence electrons. The molecule has 2 aromatic carbocycles. The van der Waals surface area contributed by atoms with Gasteiger partial charge in [-0.05, 0) is 55.7 Å². The van der Waals surface area contributed by atoms with Crippen LogP contribution in [0.4, 0.5) is 0 Å². The second-order valence-electron chi connectivity index (χ2n) is 8.05. The molecule has 1 aromatic heterocycles. The van der Waals surface area contributed by atoms with Gasteiger partial charge in [0.25, 0.3) is 5.91 Å². The lowest BCUT2D eigenvalue weighted by atomic mass is 9.39. The minimum atomic E-state index is -2.86. The predicted molar refractivity (Wildman–Crippen MR) is 106 cm³/mol. The molecule has 3 aromatic rings. The number of nitrogens with zero attached hydrogens (tertiary/aromatic N) is 1. The number of fused-ring (bicyclic) bond motifs is 1. The van der Waals surface area contributed by atoms with E-state index in [1.807, 2.05) is 6.07 Å². The molecule has 2 N–H and O–H groups in total. The van der Waals surface area contributed by atoms with E-state index in [1.54, 1.807) is 30.3 Å². The molecule has 0 aliphatic heterocycles. The van der Waals surface area contributed by atoms with Crippen LogP contribution in [0.2, 0.25) is 5.02 Å². The zero-order valence-electron chi connectivity index (χ0n) is 15.1. The Balaban J connectivity index is 1.31. The molecule has 3 aliphatic rings. The van der Waals surface area contributed by atoms with Crippen LogP contribution < -0.4 is 5.32 Å². The van der Waals surface area contributed by atoms with Crippen LogP contribution in [0.15, 0.2) is 51.8 Å². The topological polar surface area (TPSA) is 96.0 Å². The lowest BCUT2D eigenvalue weighted by Crippen LogP contribution is -2.76. The van der Waals surface area contributed by atoms with E-state index in [0.717, 1.165) is 30.4 Å². The summed E-state index contributed by atoms with van der Waals surface area (Å²) in [6.07, 6.45) is 3.71. The van der Waals surface area contributed by atoms with Crippen molar-refractivity contribution in [2.24, 2.45) is 0 Å². The fraction of sp³-hybridized carbons (Fsp3) is 0.300. The molecule has 2 bridgehead atoms. The average Bonchev–Trinajstić information content (AvgIpc) is 2.98. The predicted octanol–water partition coefficient (Wildman–Crippen LogP) is 4.12. The van der Waals surface area contributed by atoms with Gasteiger partial charge in [-0.1, -0.05) is 17.7 Å². The summed E-state index contributed by atoms with van der Waals surface area (Å²) in [4.78, 5) is 17.6.